The van der Waals surface area contributed by atoms with E-state index in [1.54, 1.807) is 27.0 Å². The number of carbonyl (C=O) groups is 1. The molecule has 1 saturated heterocycles. The molecule has 1 aliphatic heterocycles. The number of aryl methyl sites for hydroxylation is 1. The van der Waals surface area contributed by atoms with Crippen LogP contribution in [0.3, 0.4) is 0 Å². The fourth-order valence-corrected chi connectivity index (χ4v) is 6.35. The molecular weight excluding hydrogens is 557 g/mol. The first kappa shape index (κ1) is 31.0. The number of ether oxygens (including phenoxy) is 1. The number of alkyl halides is 3. The zero-order valence-corrected chi connectivity index (χ0v) is 25.1. The van der Waals surface area contributed by atoms with Crippen molar-refractivity contribution in [1.29, 1.82) is 0 Å². The fourth-order valence-electron chi connectivity index (χ4n) is 6.35. The molecule has 3 N–H and O–H groups in total. The highest BCUT2D eigenvalue weighted by Crippen LogP contribution is 2.39. The number of piperazine rings is 1. The van der Waals surface area contributed by atoms with Crippen LogP contribution < -0.4 is 11.1 Å². The number of anilines is 2. The third kappa shape index (κ3) is 7.38. The monoisotopic (exact) mass is 598 g/mol. The summed E-state index contributed by atoms with van der Waals surface area (Å²) in [4.78, 5) is 26.9. The van der Waals surface area contributed by atoms with Gasteiger partial charge in [0.15, 0.2) is 0 Å². The van der Waals surface area contributed by atoms with E-state index in [9.17, 15) is 18.0 Å². The number of nitrogen functional groups attached to an aromatic ring is 1. The van der Waals surface area contributed by atoms with Gasteiger partial charge < -0.3 is 20.7 Å². The predicted octanol–water partition coefficient (Wildman–Crippen LogP) is 5.78. The van der Waals surface area contributed by atoms with Gasteiger partial charge in [0.2, 0.25) is 5.91 Å². The second-order valence-corrected chi connectivity index (χ2v) is 11.9. The fraction of sp³-hybridized carbons (Fsp3) is 0.531. The highest BCUT2D eigenvalue weighted by Gasteiger charge is 2.33. The van der Waals surface area contributed by atoms with Gasteiger partial charge in [-0.1, -0.05) is 6.07 Å². The number of methoxy groups -OCH3 is 1. The molecule has 11 heteroatoms. The van der Waals surface area contributed by atoms with Crippen molar-refractivity contribution in [3.8, 4) is 0 Å². The molecule has 0 bridgehead atoms. The Hall–Kier alpha value is -3.44. The predicted molar refractivity (Wildman–Crippen MR) is 162 cm³/mol. The van der Waals surface area contributed by atoms with Crippen molar-refractivity contribution in [1.82, 2.24) is 19.8 Å². The van der Waals surface area contributed by atoms with Crippen LogP contribution in [0, 0.1) is 12.8 Å². The van der Waals surface area contributed by atoms with Crippen molar-refractivity contribution >= 4 is 28.3 Å². The molecule has 2 heterocycles. The number of rotatable bonds is 8. The van der Waals surface area contributed by atoms with E-state index in [1.165, 1.54) is 0 Å². The molecule has 3 aromatic rings. The van der Waals surface area contributed by atoms with Crippen LogP contribution in [0.4, 0.5) is 24.7 Å². The highest BCUT2D eigenvalue weighted by molar-refractivity contribution is 5.90. The molecule has 1 aromatic heterocycles. The largest absolute Gasteiger partial charge is 0.416 e. The maximum Gasteiger partial charge on any atom is 0.416 e. The van der Waals surface area contributed by atoms with E-state index in [-0.39, 0.29) is 17.5 Å². The van der Waals surface area contributed by atoms with Gasteiger partial charge in [0.25, 0.3) is 0 Å². The van der Waals surface area contributed by atoms with Gasteiger partial charge in [-0.2, -0.15) is 13.2 Å². The maximum absolute atomic E-state index is 13.4. The number of halogens is 3. The van der Waals surface area contributed by atoms with Gasteiger partial charge in [-0.05, 0) is 86.9 Å². The molecule has 43 heavy (non-hydrogen) atoms. The Kier molecular flexibility index (Phi) is 9.41. The van der Waals surface area contributed by atoms with Crippen LogP contribution >= 0.6 is 0 Å². The molecule has 1 saturated carbocycles. The molecule has 0 unspecified atom stereocenters. The third-order valence-electron chi connectivity index (χ3n) is 8.83. The molecule has 2 fully saturated rings. The van der Waals surface area contributed by atoms with Gasteiger partial charge in [-0.3, -0.25) is 9.69 Å². The summed E-state index contributed by atoms with van der Waals surface area (Å²) in [6.45, 7) is 8.51. The summed E-state index contributed by atoms with van der Waals surface area (Å²) in [6, 6.07) is 9.32. The summed E-state index contributed by atoms with van der Waals surface area (Å²) >= 11 is 0. The highest BCUT2D eigenvalue weighted by atomic mass is 19.4. The van der Waals surface area contributed by atoms with Crippen LogP contribution in [0.25, 0.3) is 10.9 Å². The molecule has 1 atom stereocenters. The number of fused-ring (bicyclic) bond motifs is 1. The molecule has 2 aliphatic rings. The van der Waals surface area contributed by atoms with Crippen LogP contribution in [-0.2, 0) is 15.7 Å². The SMILES string of the molecule is COCCN1CCN(C(=O)[C@H]2CC[C@H](c3ccc4nc(C)nc(N[C@H](C)c5cc(N)cc(C(F)(F)F)c5)c4c3)CC2)CC1. The van der Waals surface area contributed by atoms with Crippen molar-refractivity contribution in [2.24, 2.45) is 5.92 Å². The number of nitrogens with two attached hydrogens (primary N) is 1. The Morgan fingerprint density at radius 2 is 1.79 bits per heavy atom. The number of nitrogens with zero attached hydrogens (tertiary/aromatic N) is 4. The second-order valence-electron chi connectivity index (χ2n) is 11.9. The first-order chi connectivity index (χ1) is 20.5. The molecule has 232 valence electrons. The number of hydrogen-bond acceptors (Lipinski definition) is 7. The summed E-state index contributed by atoms with van der Waals surface area (Å²) in [5, 5.41) is 4.13. The Labute approximate surface area is 250 Å². The van der Waals surface area contributed by atoms with Gasteiger partial charge >= 0.3 is 6.18 Å². The number of nitrogens with one attached hydrogen (secondary N) is 1. The quantitative estimate of drug-likeness (QED) is 0.318. The van der Waals surface area contributed by atoms with Crippen molar-refractivity contribution in [3.05, 3.63) is 58.9 Å². The summed E-state index contributed by atoms with van der Waals surface area (Å²) in [5.41, 5.74) is 7.45. The second kappa shape index (κ2) is 13.1. The molecule has 1 aliphatic carbocycles. The van der Waals surface area contributed by atoms with Gasteiger partial charge in [0.05, 0.1) is 23.7 Å². The van der Waals surface area contributed by atoms with Crippen LogP contribution in [-0.4, -0.2) is 72.1 Å². The van der Waals surface area contributed by atoms with E-state index >= 15 is 0 Å². The summed E-state index contributed by atoms with van der Waals surface area (Å²) in [5.74, 6) is 1.79. The van der Waals surface area contributed by atoms with E-state index in [2.05, 4.69) is 32.3 Å². The Balaban J connectivity index is 1.27. The Bertz CT molecular complexity index is 1430. The van der Waals surface area contributed by atoms with Gasteiger partial charge in [-0.25, -0.2) is 9.97 Å². The van der Waals surface area contributed by atoms with Crippen LogP contribution in [0.15, 0.2) is 36.4 Å². The number of hydrogen-bond donors (Lipinski definition) is 2. The minimum Gasteiger partial charge on any atom is -0.399 e. The van der Waals surface area contributed by atoms with E-state index in [4.69, 9.17) is 10.5 Å². The van der Waals surface area contributed by atoms with Gasteiger partial charge in [0, 0.05) is 56.8 Å². The lowest BCUT2D eigenvalue weighted by atomic mass is 9.78. The van der Waals surface area contributed by atoms with E-state index < -0.39 is 17.8 Å². The third-order valence-corrected chi connectivity index (χ3v) is 8.83. The zero-order valence-electron chi connectivity index (χ0n) is 25.1. The summed E-state index contributed by atoms with van der Waals surface area (Å²) in [7, 11) is 1.71. The molecule has 0 radical (unpaired) electrons. The Morgan fingerprint density at radius 1 is 1.07 bits per heavy atom. The first-order valence-electron chi connectivity index (χ1n) is 15.0. The smallest absolute Gasteiger partial charge is 0.399 e. The molecule has 5 rings (SSSR count). The van der Waals surface area contributed by atoms with E-state index in [1.807, 2.05) is 11.0 Å². The lowest BCUT2D eigenvalue weighted by Gasteiger charge is -2.38. The number of carbonyl (C=O) groups excluding carboxylic acids is 1. The first-order valence-corrected chi connectivity index (χ1v) is 15.0. The summed E-state index contributed by atoms with van der Waals surface area (Å²) in [6.07, 6.45) is -0.931. The number of amides is 1. The molecule has 2 aromatic carbocycles. The maximum atomic E-state index is 13.4. The number of aromatic nitrogens is 2. The minimum absolute atomic E-state index is 0.0582. The molecule has 0 spiro atoms. The van der Waals surface area contributed by atoms with Crippen LogP contribution in [0.1, 0.15) is 67.1 Å². The molecular formula is C32H41F3N6O2. The summed E-state index contributed by atoms with van der Waals surface area (Å²) < 4.78 is 45.4. The van der Waals surface area contributed by atoms with Crippen LogP contribution in [0.2, 0.25) is 0 Å². The Morgan fingerprint density at radius 3 is 2.47 bits per heavy atom. The van der Waals surface area contributed by atoms with Crippen LogP contribution in [0.5, 0.6) is 0 Å². The van der Waals surface area contributed by atoms with Crippen molar-refractivity contribution < 1.29 is 22.7 Å². The van der Waals surface area contributed by atoms with E-state index in [0.717, 1.165) is 87.0 Å². The average molecular weight is 599 g/mol. The normalized spacial score (nSPS) is 20.7. The average Bonchev–Trinajstić information content (AvgIpc) is 2.99. The van der Waals surface area contributed by atoms with Crippen molar-refractivity contribution in [3.63, 3.8) is 0 Å². The molecule has 1 amide bonds. The van der Waals surface area contributed by atoms with Gasteiger partial charge in [0.1, 0.15) is 11.6 Å². The standard InChI is InChI=1S/C32H41F3N6O2/c1-20(25-16-26(32(33,34)35)19-27(36)17-25)37-30-28-18-24(8-9-29(28)38-21(2)39-30)22-4-6-23(7-5-22)31(42)41-12-10-40(11-13-41)14-15-43-3/h8-9,16-20,22-23H,4-7,10-15,36H2,1-3H3,(H,37,38,39)/t20-,22-,23-/m1/s1. The lowest BCUT2D eigenvalue weighted by molar-refractivity contribution is -0.139. The van der Waals surface area contributed by atoms with E-state index in [0.29, 0.717) is 29.7 Å². The lowest BCUT2D eigenvalue weighted by Crippen LogP contribution is -2.51. The minimum atomic E-state index is -4.49. The number of benzene rings is 2. The van der Waals surface area contributed by atoms with Crippen molar-refractivity contribution in [2.45, 2.75) is 57.7 Å². The van der Waals surface area contributed by atoms with Gasteiger partial charge in [-0.15, -0.1) is 0 Å². The zero-order chi connectivity index (χ0) is 30.7. The molecule has 8 nitrogen and oxygen atoms in total. The topological polar surface area (TPSA) is 96.6 Å². The van der Waals surface area contributed by atoms with Crippen molar-refractivity contribution in [2.75, 3.05) is 57.5 Å².